The molecule has 0 aliphatic heterocycles. The Kier molecular flexibility index (Phi) is 13.0. The summed E-state index contributed by atoms with van der Waals surface area (Å²) in [4.78, 5) is 11.8. The third kappa shape index (κ3) is 13.1. The molecule has 0 unspecified atom stereocenters. The van der Waals surface area contributed by atoms with Crippen molar-refractivity contribution < 1.29 is 4.79 Å². The fourth-order valence-corrected chi connectivity index (χ4v) is 3.42. The number of rotatable bonds is 0. The molecule has 1 saturated carbocycles. The van der Waals surface area contributed by atoms with Gasteiger partial charge in [0.15, 0.2) is 0 Å². The largest absolute Gasteiger partial charge is 0.300 e. The molecule has 0 heterocycles. The van der Waals surface area contributed by atoms with Crippen LogP contribution < -0.4 is 0 Å². The molecule has 0 amide bonds. The van der Waals surface area contributed by atoms with Crippen LogP contribution >= 0.6 is 0 Å². The zero-order chi connectivity index (χ0) is 15.0. The maximum absolute atomic E-state index is 11.8. The Labute approximate surface area is 133 Å². The van der Waals surface area contributed by atoms with Crippen LogP contribution in [0.3, 0.4) is 0 Å². The van der Waals surface area contributed by atoms with Gasteiger partial charge in [-0.3, -0.25) is 4.79 Å². The molecule has 1 rings (SSSR count). The summed E-state index contributed by atoms with van der Waals surface area (Å²) in [6.45, 7) is 0. The summed E-state index contributed by atoms with van der Waals surface area (Å²) in [6.07, 6.45) is 24.9. The van der Waals surface area contributed by atoms with E-state index in [1.165, 1.54) is 96.3 Å². The van der Waals surface area contributed by atoms with Crippen molar-refractivity contribution in [2.24, 2.45) is 0 Å². The van der Waals surface area contributed by atoms with E-state index in [0.717, 1.165) is 25.7 Å². The summed E-state index contributed by atoms with van der Waals surface area (Å²) in [5, 5.41) is 0. The number of Topliss-reactive ketones (excluding diaryl/α,β-unsaturated/α-hetero) is 1. The van der Waals surface area contributed by atoms with E-state index >= 15 is 0 Å². The highest BCUT2D eigenvalue weighted by atomic mass is 16.1. The van der Waals surface area contributed by atoms with Crippen LogP contribution in [0.5, 0.6) is 0 Å². The van der Waals surface area contributed by atoms with Crippen LogP contribution in [0.25, 0.3) is 0 Å². The predicted molar refractivity (Wildman–Crippen MR) is 92.7 cm³/mol. The summed E-state index contributed by atoms with van der Waals surface area (Å²) in [6, 6.07) is 0. The monoisotopic (exact) mass is 294 g/mol. The van der Waals surface area contributed by atoms with E-state index in [4.69, 9.17) is 0 Å². The van der Waals surface area contributed by atoms with Crippen molar-refractivity contribution in [3.05, 3.63) is 0 Å². The molecule has 0 bridgehead atoms. The summed E-state index contributed by atoms with van der Waals surface area (Å²) < 4.78 is 0. The van der Waals surface area contributed by atoms with Gasteiger partial charge >= 0.3 is 0 Å². The molecule has 0 atom stereocenters. The van der Waals surface area contributed by atoms with Gasteiger partial charge in [0.2, 0.25) is 0 Å². The van der Waals surface area contributed by atoms with E-state index in [1.54, 1.807) is 0 Å². The van der Waals surface area contributed by atoms with Gasteiger partial charge in [0.1, 0.15) is 5.78 Å². The minimum Gasteiger partial charge on any atom is -0.300 e. The molecule has 0 N–H and O–H groups in total. The zero-order valence-corrected chi connectivity index (χ0v) is 14.3. The second kappa shape index (κ2) is 14.6. The molecule has 1 heteroatoms. The molecule has 1 fully saturated rings. The van der Waals surface area contributed by atoms with E-state index in [1.807, 2.05) is 0 Å². The van der Waals surface area contributed by atoms with Gasteiger partial charge in [0, 0.05) is 12.8 Å². The number of ketones is 1. The van der Waals surface area contributed by atoms with Gasteiger partial charge < -0.3 is 0 Å². The molecule has 0 saturated heterocycles. The fraction of sp³-hybridized carbons (Fsp3) is 0.950. The van der Waals surface area contributed by atoms with Gasteiger partial charge in [-0.05, 0) is 12.8 Å². The second-order valence-electron chi connectivity index (χ2n) is 7.05. The second-order valence-corrected chi connectivity index (χ2v) is 7.05. The van der Waals surface area contributed by atoms with Crippen LogP contribution in [0, 0.1) is 0 Å². The van der Waals surface area contributed by atoms with E-state index in [2.05, 4.69) is 0 Å². The lowest BCUT2D eigenvalue weighted by Gasteiger charge is -2.05. The lowest BCUT2D eigenvalue weighted by Crippen LogP contribution is -1.97. The number of hydrogen-bond donors (Lipinski definition) is 0. The van der Waals surface area contributed by atoms with Crippen molar-refractivity contribution in [2.45, 2.75) is 122 Å². The van der Waals surface area contributed by atoms with Crippen molar-refractivity contribution in [3.63, 3.8) is 0 Å². The van der Waals surface area contributed by atoms with E-state index in [0.29, 0.717) is 5.78 Å². The van der Waals surface area contributed by atoms with E-state index in [-0.39, 0.29) is 0 Å². The van der Waals surface area contributed by atoms with Crippen LogP contribution in [0.2, 0.25) is 0 Å². The Balaban J connectivity index is 2.09. The average Bonchev–Trinajstić information content (AvgIpc) is 2.48. The van der Waals surface area contributed by atoms with Crippen LogP contribution in [-0.4, -0.2) is 5.78 Å². The highest BCUT2D eigenvalue weighted by molar-refractivity contribution is 5.78. The summed E-state index contributed by atoms with van der Waals surface area (Å²) in [7, 11) is 0. The Bertz CT molecular complexity index is 212. The Morgan fingerprint density at radius 2 is 0.524 bits per heavy atom. The molecule has 0 aromatic rings. The quantitative estimate of drug-likeness (QED) is 0.471. The Morgan fingerprint density at radius 1 is 0.333 bits per heavy atom. The van der Waals surface area contributed by atoms with Crippen LogP contribution in [0.1, 0.15) is 122 Å². The summed E-state index contributed by atoms with van der Waals surface area (Å²) >= 11 is 0. The molecule has 0 aromatic carbocycles. The molecule has 124 valence electrons. The molecule has 0 radical (unpaired) electrons. The van der Waals surface area contributed by atoms with E-state index < -0.39 is 0 Å². The Morgan fingerprint density at radius 3 is 0.762 bits per heavy atom. The normalized spacial score (nSPS) is 23.5. The van der Waals surface area contributed by atoms with Gasteiger partial charge in [-0.2, -0.15) is 0 Å². The molecule has 0 aromatic heterocycles. The molecule has 21 heavy (non-hydrogen) atoms. The van der Waals surface area contributed by atoms with Crippen molar-refractivity contribution >= 4 is 5.78 Å². The first kappa shape index (κ1) is 18.7. The van der Waals surface area contributed by atoms with Gasteiger partial charge in [-0.1, -0.05) is 96.3 Å². The molecular formula is C20H38O. The fourth-order valence-electron chi connectivity index (χ4n) is 3.42. The van der Waals surface area contributed by atoms with Gasteiger partial charge in [-0.15, -0.1) is 0 Å². The number of carbonyl (C=O) groups excluding carboxylic acids is 1. The van der Waals surface area contributed by atoms with Crippen LogP contribution in [0.4, 0.5) is 0 Å². The first-order chi connectivity index (χ1) is 10.4. The van der Waals surface area contributed by atoms with E-state index in [9.17, 15) is 4.79 Å². The third-order valence-corrected chi connectivity index (χ3v) is 4.91. The smallest absolute Gasteiger partial charge is 0.132 e. The van der Waals surface area contributed by atoms with Crippen molar-refractivity contribution in [1.29, 1.82) is 0 Å². The number of carbonyl (C=O) groups is 1. The van der Waals surface area contributed by atoms with Crippen molar-refractivity contribution in [3.8, 4) is 0 Å². The molecule has 1 aliphatic rings. The molecular weight excluding hydrogens is 256 g/mol. The predicted octanol–water partition coefficient (Wildman–Crippen LogP) is 6.98. The van der Waals surface area contributed by atoms with Crippen molar-refractivity contribution in [1.82, 2.24) is 0 Å². The third-order valence-electron chi connectivity index (χ3n) is 4.91. The highest BCUT2D eigenvalue weighted by Gasteiger charge is 2.02. The van der Waals surface area contributed by atoms with Gasteiger partial charge in [-0.25, -0.2) is 0 Å². The van der Waals surface area contributed by atoms with Gasteiger partial charge in [0.05, 0.1) is 0 Å². The summed E-state index contributed by atoms with van der Waals surface area (Å²) in [5.41, 5.74) is 0. The van der Waals surface area contributed by atoms with Crippen LogP contribution in [-0.2, 0) is 4.79 Å². The summed E-state index contributed by atoms with van der Waals surface area (Å²) in [5.74, 6) is 0.518. The maximum Gasteiger partial charge on any atom is 0.132 e. The standard InChI is InChI=1S/C20H38O/c21-20-18-16-14-12-10-8-6-4-2-1-3-5-7-9-11-13-15-17-19-20/h1-19H2. The maximum atomic E-state index is 11.8. The lowest BCUT2D eigenvalue weighted by atomic mass is 10.0. The first-order valence-electron chi connectivity index (χ1n) is 9.91. The lowest BCUT2D eigenvalue weighted by molar-refractivity contribution is -0.119. The number of hydrogen-bond acceptors (Lipinski definition) is 1. The van der Waals surface area contributed by atoms with Crippen LogP contribution in [0.15, 0.2) is 0 Å². The highest BCUT2D eigenvalue weighted by Crippen LogP contribution is 2.15. The SMILES string of the molecule is O=C1CCCCCCCCCCCCCCCCCCC1. The zero-order valence-electron chi connectivity index (χ0n) is 14.3. The van der Waals surface area contributed by atoms with Crippen molar-refractivity contribution in [2.75, 3.05) is 0 Å². The average molecular weight is 295 g/mol. The molecule has 0 spiro atoms. The minimum atomic E-state index is 0.518. The van der Waals surface area contributed by atoms with Gasteiger partial charge in [0.25, 0.3) is 0 Å². The topological polar surface area (TPSA) is 17.1 Å². The first-order valence-corrected chi connectivity index (χ1v) is 9.91. The minimum absolute atomic E-state index is 0.518. The molecule has 1 nitrogen and oxygen atoms in total. The Hall–Kier alpha value is -0.330. The molecule has 1 aliphatic carbocycles.